The number of aromatic nitrogens is 1. The summed E-state index contributed by atoms with van der Waals surface area (Å²) in [5.41, 5.74) is 3.77. The van der Waals surface area contributed by atoms with E-state index in [1.165, 1.54) is 16.7 Å². The van der Waals surface area contributed by atoms with Crippen LogP contribution in [-0.4, -0.2) is 4.98 Å². The van der Waals surface area contributed by atoms with Crippen LogP contribution in [0.1, 0.15) is 23.6 Å². The standard InChI is InChI=1S/C10H13N/c1-4-5-10-8(2)6-11-7-9(10)3/h4-7H,1-3H3/b5-4-. The Morgan fingerprint density at radius 2 is 1.73 bits per heavy atom. The first-order chi connectivity index (χ1) is 5.25. The summed E-state index contributed by atoms with van der Waals surface area (Å²) in [6, 6.07) is 0. The molecule has 0 radical (unpaired) electrons. The third-order valence-electron chi connectivity index (χ3n) is 1.72. The lowest BCUT2D eigenvalue weighted by Crippen LogP contribution is -1.87. The van der Waals surface area contributed by atoms with Crippen molar-refractivity contribution < 1.29 is 0 Å². The highest BCUT2D eigenvalue weighted by Gasteiger charge is 1.96. The molecule has 11 heavy (non-hydrogen) atoms. The van der Waals surface area contributed by atoms with E-state index >= 15 is 0 Å². The summed E-state index contributed by atoms with van der Waals surface area (Å²) >= 11 is 0. The molecule has 1 nitrogen and oxygen atoms in total. The summed E-state index contributed by atoms with van der Waals surface area (Å²) in [6.45, 7) is 6.18. The maximum absolute atomic E-state index is 4.09. The molecule has 0 aliphatic rings. The average molecular weight is 147 g/mol. The quantitative estimate of drug-likeness (QED) is 0.595. The van der Waals surface area contributed by atoms with Crippen LogP contribution in [0.5, 0.6) is 0 Å². The summed E-state index contributed by atoms with van der Waals surface area (Å²) in [6.07, 6.45) is 7.95. The second kappa shape index (κ2) is 3.33. The first-order valence-corrected chi connectivity index (χ1v) is 3.79. The lowest BCUT2D eigenvalue weighted by molar-refractivity contribution is 1.21. The maximum atomic E-state index is 4.09. The third-order valence-corrected chi connectivity index (χ3v) is 1.72. The normalized spacial score (nSPS) is 10.8. The fraction of sp³-hybridized carbons (Fsp3) is 0.300. The van der Waals surface area contributed by atoms with Crippen LogP contribution in [0, 0.1) is 13.8 Å². The van der Waals surface area contributed by atoms with Crippen molar-refractivity contribution in [2.45, 2.75) is 20.8 Å². The zero-order chi connectivity index (χ0) is 8.27. The molecule has 0 aliphatic heterocycles. The minimum absolute atomic E-state index is 1.24. The summed E-state index contributed by atoms with van der Waals surface area (Å²) in [4.78, 5) is 4.09. The molecule has 0 atom stereocenters. The van der Waals surface area contributed by atoms with E-state index in [0.29, 0.717) is 0 Å². The number of pyridine rings is 1. The first kappa shape index (κ1) is 7.99. The molecule has 0 saturated carbocycles. The van der Waals surface area contributed by atoms with E-state index in [0.717, 1.165) is 0 Å². The smallest absolute Gasteiger partial charge is 0.0303 e. The van der Waals surface area contributed by atoms with Crippen LogP contribution >= 0.6 is 0 Å². The van der Waals surface area contributed by atoms with Gasteiger partial charge in [-0.05, 0) is 37.5 Å². The minimum Gasteiger partial charge on any atom is -0.264 e. The summed E-state index contributed by atoms with van der Waals surface area (Å²) in [5, 5.41) is 0. The van der Waals surface area contributed by atoms with Gasteiger partial charge in [0.05, 0.1) is 0 Å². The van der Waals surface area contributed by atoms with E-state index in [2.05, 4.69) is 31.0 Å². The molecule has 0 aromatic carbocycles. The second-order valence-corrected chi connectivity index (χ2v) is 2.69. The van der Waals surface area contributed by atoms with Crippen molar-refractivity contribution >= 4 is 6.08 Å². The Bertz CT molecular complexity index is 254. The van der Waals surface area contributed by atoms with Gasteiger partial charge in [0, 0.05) is 12.4 Å². The highest BCUT2D eigenvalue weighted by Crippen LogP contribution is 2.12. The van der Waals surface area contributed by atoms with E-state index in [1.54, 1.807) is 0 Å². The minimum atomic E-state index is 1.24. The Labute approximate surface area is 67.8 Å². The number of hydrogen-bond acceptors (Lipinski definition) is 1. The van der Waals surface area contributed by atoms with Gasteiger partial charge in [-0.15, -0.1) is 0 Å². The monoisotopic (exact) mass is 147 g/mol. The highest BCUT2D eigenvalue weighted by atomic mass is 14.6. The third kappa shape index (κ3) is 1.67. The van der Waals surface area contributed by atoms with E-state index in [-0.39, 0.29) is 0 Å². The van der Waals surface area contributed by atoms with Crippen LogP contribution in [0.4, 0.5) is 0 Å². The van der Waals surface area contributed by atoms with E-state index in [9.17, 15) is 0 Å². The van der Waals surface area contributed by atoms with Gasteiger partial charge in [0.25, 0.3) is 0 Å². The van der Waals surface area contributed by atoms with Crippen molar-refractivity contribution in [3.05, 3.63) is 35.2 Å². The topological polar surface area (TPSA) is 12.9 Å². The predicted molar refractivity (Wildman–Crippen MR) is 48.4 cm³/mol. The number of nitrogens with zero attached hydrogens (tertiary/aromatic N) is 1. The van der Waals surface area contributed by atoms with Gasteiger partial charge in [-0.1, -0.05) is 12.2 Å². The Hall–Kier alpha value is -1.11. The van der Waals surface area contributed by atoms with E-state index in [4.69, 9.17) is 0 Å². The molecule has 0 saturated heterocycles. The Balaban J connectivity index is 3.20. The van der Waals surface area contributed by atoms with E-state index < -0.39 is 0 Å². The van der Waals surface area contributed by atoms with Gasteiger partial charge in [0.1, 0.15) is 0 Å². The maximum Gasteiger partial charge on any atom is 0.0303 e. The molecule has 1 heteroatoms. The van der Waals surface area contributed by atoms with Crippen LogP contribution in [0.2, 0.25) is 0 Å². The average Bonchev–Trinajstić information content (AvgIpc) is 1.97. The van der Waals surface area contributed by atoms with Gasteiger partial charge in [0.2, 0.25) is 0 Å². The highest BCUT2D eigenvalue weighted by molar-refractivity contribution is 5.55. The largest absolute Gasteiger partial charge is 0.264 e. The van der Waals surface area contributed by atoms with Crippen LogP contribution in [0.25, 0.3) is 6.08 Å². The lowest BCUT2D eigenvalue weighted by Gasteiger charge is -2.02. The Morgan fingerprint density at radius 1 is 1.18 bits per heavy atom. The number of aryl methyl sites for hydroxylation is 2. The SMILES string of the molecule is C/C=C\c1c(C)cncc1C. The molecule has 1 heterocycles. The van der Waals surface area contributed by atoms with Crippen molar-refractivity contribution in [2.24, 2.45) is 0 Å². The summed E-state index contributed by atoms with van der Waals surface area (Å²) < 4.78 is 0. The molecule has 0 spiro atoms. The molecule has 0 unspecified atom stereocenters. The fourth-order valence-electron chi connectivity index (χ4n) is 1.14. The van der Waals surface area contributed by atoms with Crippen molar-refractivity contribution in [1.82, 2.24) is 4.98 Å². The molecule has 0 aliphatic carbocycles. The van der Waals surface area contributed by atoms with Gasteiger partial charge in [-0.3, -0.25) is 4.98 Å². The van der Waals surface area contributed by atoms with Crippen molar-refractivity contribution in [3.63, 3.8) is 0 Å². The molecule has 1 aromatic rings. The van der Waals surface area contributed by atoms with Crippen molar-refractivity contribution in [2.75, 3.05) is 0 Å². The zero-order valence-electron chi connectivity index (χ0n) is 7.26. The predicted octanol–water partition coefficient (Wildman–Crippen LogP) is 2.73. The van der Waals surface area contributed by atoms with Crippen molar-refractivity contribution in [1.29, 1.82) is 0 Å². The number of rotatable bonds is 1. The van der Waals surface area contributed by atoms with Gasteiger partial charge >= 0.3 is 0 Å². The summed E-state index contributed by atoms with van der Waals surface area (Å²) in [7, 11) is 0. The number of allylic oxidation sites excluding steroid dienone is 1. The van der Waals surface area contributed by atoms with Crippen LogP contribution in [0.3, 0.4) is 0 Å². The van der Waals surface area contributed by atoms with Crippen LogP contribution in [0.15, 0.2) is 18.5 Å². The zero-order valence-corrected chi connectivity index (χ0v) is 7.26. The molecule has 0 amide bonds. The number of hydrogen-bond donors (Lipinski definition) is 0. The molecule has 0 bridgehead atoms. The molecule has 58 valence electrons. The van der Waals surface area contributed by atoms with Crippen LogP contribution in [-0.2, 0) is 0 Å². The van der Waals surface area contributed by atoms with Crippen molar-refractivity contribution in [3.8, 4) is 0 Å². The molecule has 1 aromatic heterocycles. The van der Waals surface area contributed by atoms with Crippen LogP contribution < -0.4 is 0 Å². The molecular weight excluding hydrogens is 134 g/mol. The molecule has 1 rings (SSSR count). The molecule has 0 N–H and O–H groups in total. The second-order valence-electron chi connectivity index (χ2n) is 2.69. The van der Waals surface area contributed by atoms with Gasteiger partial charge in [-0.2, -0.15) is 0 Å². The molecular formula is C10H13N. The summed E-state index contributed by atoms with van der Waals surface area (Å²) in [5.74, 6) is 0. The lowest BCUT2D eigenvalue weighted by atomic mass is 10.1. The van der Waals surface area contributed by atoms with Gasteiger partial charge in [0.15, 0.2) is 0 Å². The fourth-order valence-corrected chi connectivity index (χ4v) is 1.14. The Morgan fingerprint density at radius 3 is 2.18 bits per heavy atom. The van der Waals surface area contributed by atoms with Gasteiger partial charge < -0.3 is 0 Å². The molecule has 0 fully saturated rings. The van der Waals surface area contributed by atoms with Gasteiger partial charge in [-0.25, -0.2) is 0 Å². The first-order valence-electron chi connectivity index (χ1n) is 3.79. The van der Waals surface area contributed by atoms with E-state index in [1.807, 2.05) is 19.3 Å². The Kier molecular flexibility index (Phi) is 2.42.